The zero-order valence-electron chi connectivity index (χ0n) is 17.8. The van der Waals surface area contributed by atoms with Crippen molar-refractivity contribution in [2.24, 2.45) is 5.92 Å². The summed E-state index contributed by atoms with van der Waals surface area (Å²) >= 11 is 0. The fraction of sp³-hybridized carbons (Fsp3) is 0.458. The molecule has 0 saturated carbocycles. The molecule has 0 aromatic heterocycles. The average Bonchev–Trinajstić information content (AvgIpc) is 2.73. The van der Waals surface area contributed by atoms with E-state index in [1.165, 1.54) is 11.1 Å². The summed E-state index contributed by atoms with van der Waals surface area (Å²) in [6, 6.07) is 15.9. The van der Waals surface area contributed by atoms with Gasteiger partial charge in [-0.25, -0.2) is 0 Å². The lowest BCUT2D eigenvalue weighted by Gasteiger charge is -2.36. The Kier molecular flexibility index (Phi) is 7.15. The highest BCUT2D eigenvalue weighted by atomic mass is 16.3. The molecule has 0 bridgehead atoms. The Labute approximate surface area is 174 Å². The molecular weight excluding hydrogens is 362 g/mol. The Bertz CT molecular complexity index is 779. The van der Waals surface area contributed by atoms with E-state index >= 15 is 0 Å². The van der Waals surface area contributed by atoms with Crippen molar-refractivity contribution in [1.29, 1.82) is 0 Å². The van der Waals surface area contributed by atoms with Gasteiger partial charge in [0.1, 0.15) is 5.75 Å². The van der Waals surface area contributed by atoms with Crippen molar-refractivity contribution in [3.63, 3.8) is 0 Å². The molecule has 5 heteroatoms. The van der Waals surface area contributed by atoms with Crippen LogP contribution in [-0.4, -0.2) is 48.6 Å². The summed E-state index contributed by atoms with van der Waals surface area (Å²) in [6.07, 6.45) is 1.02. The molecule has 156 valence electrons. The van der Waals surface area contributed by atoms with Gasteiger partial charge in [-0.2, -0.15) is 0 Å². The van der Waals surface area contributed by atoms with E-state index < -0.39 is 0 Å². The first-order chi connectivity index (χ1) is 14.0. The molecule has 0 radical (unpaired) electrons. The van der Waals surface area contributed by atoms with Gasteiger partial charge in [0.15, 0.2) is 0 Å². The lowest BCUT2D eigenvalue weighted by Crippen LogP contribution is -2.50. The Balaban J connectivity index is 1.52. The molecule has 0 unspecified atom stereocenters. The number of benzene rings is 2. The number of anilines is 1. The van der Waals surface area contributed by atoms with Gasteiger partial charge in [0.25, 0.3) is 0 Å². The summed E-state index contributed by atoms with van der Waals surface area (Å²) in [5, 5.41) is 12.7. The molecule has 5 nitrogen and oxygen atoms in total. The lowest BCUT2D eigenvalue weighted by atomic mass is 9.95. The first kappa shape index (κ1) is 21.2. The highest BCUT2D eigenvalue weighted by molar-refractivity contribution is 5.78. The fourth-order valence-corrected chi connectivity index (χ4v) is 3.85. The molecule has 1 heterocycles. The summed E-state index contributed by atoms with van der Waals surface area (Å²) in [4.78, 5) is 17.2. The first-order valence-corrected chi connectivity index (χ1v) is 10.6. The number of aryl methyl sites for hydroxylation is 1. The first-order valence-electron chi connectivity index (χ1n) is 10.6. The minimum atomic E-state index is 0.0340. The number of amides is 1. The number of hydrogen-bond acceptors (Lipinski definition) is 4. The van der Waals surface area contributed by atoms with Crippen LogP contribution in [-0.2, 0) is 11.2 Å². The second-order valence-electron chi connectivity index (χ2n) is 8.16. The monoisotopic (exact) mass is 395 g/mol. The highest BCUT2D eigenvalue weighted by Crippen LogP contribution is 2.23. The van der Waals surface area contributed by atoms with E-state index in [1.54, 1.807) is 12.1 Å². The van der Waals surface area contributed by atoms with Crippen molar-refractivity contribution in [3.8, 4) is 5.75 Å². The maximum Gasteiger partial charge on any atom is 0.234 e. The second kappa shape index (κ2) is 9.79. The molecular formula is C24H33N3O2. The summed E-state index contributed by atoms with van der Waals surface area (Å²) in [7, 11) is 0. The molecule has 2 N–H and O–H groups in total. The number of nitrogens with zero attached hydrogens (tertiary/aromatic N) is 2. The standard InChI is InChI=1S/C24H33N3O2/c1-4-19-5-7-20(8-6-19)24(18(2)3)25-23(29)17-26-13-15-27(16-14-26)21-9-11-22(28)12-10-21/h5-12,18,24,28H,4,13-17H2,1-3H3,(H,25,29)/t24-/m0/s1. The van der Waals surface area contributed by atoms with E-state index in [1.807, 2.05) is 12.1 Å². The van der Waals surface area contributed by atoms with Crippen LogP contribution < -0.4 is 10.2 Å². The average molecular weight is 396 g/mol. The van der Waals surface area contributed by atoms with Gasteiger partial charge >= 0.3 is 0 Å². The molecule has 1 aliphatic rings. The molecule has 1 aliphatic heterocycles. The third kappa shape index (κ3) is 5.73. The van der Waals surface area contributed by atoms with E-state index in [0.717, 1.165) is 38.3 Å². The smallest absolute Gasteiger partial charge is 0.234 e. The number of carbonyl (C=O) groups excluding carboxylic acids is 1. The molecule has 3 rings (SSSR count). The maximum absolute atomic E-state index is 12.7. The van der Waals surface area contributed by atoms with Crippen molar-refractivity contribution in [1.82, 2.24) is 10.2 Å². The third-order valence-electron chi connectivity index (χ3n) is 5.68. The zero-order valence-corrected chi connectivity index (χ0v) is 17.8. The Morgan fingerprint density at radius 1 is 1.00 bits per heavy atom. The largest absolute Gasteiger partial charge is 0.508 e. The van der Waals surface area contributed by atoms with Crippen molar-refractivity contribution < 1.29 is 9.90 Å². The van der Waals surface area contributed by atoms with Gasteiger partial charge in [0.2, 0.25) is 5.91 Å². The van der Waals surface area contributed by atoms with Crippen molar-refractivity contribution >= 4 is 11.6 Å². The quantitative estimate of drug-likeness (QED) is 0.752. The summed E-state index contributed by atoms with van der Waals surface area (Å²) in [5.41, 5.74) is 3.60. The molecule has 29 heavy (non-hydrogen) atoms. The molecule has 1 saturated heterocycles. The Morgan fingerprint density at radius 2 is 1.62 bits per heavy atom. The number of nitrogens with one attached hydrogen (secondary N) is 1. The van der Waals surface area contributed by atoms with Gasteiger partial charge in [-0.3, -0.25) is 9.69 Å². The number of carbonyl (C=O) groups is 1. The Hall–Kier alpha value is -2.53. The third-order valence-corrected chi connectivity index (χ3v) is 5.68. The number of hydrogen-bond donors (Lipinski definition) is 2. The van der Waals surface area contributed by atoms with Gasteiger partial charge in [0, 0.05) is 31.9 Å². The number of aromatic hydroxyl groups is 1. The lowest BCUT2D eigenvalue weighted by molar-refractivity contribution is -0.123. The van der Waals surface area contributed by atoms with Crippen molar-refractivity contribution in [3.05, 3.63) is 59.7 Å². The van der Waals surface area contributed by atoms with E-state index in [4.69, 9.17) is 0 Å². The topological polar surface area (TPSA) is 55.8 Å². The van der Waals surface area contributed by atoms with Crippen LogP contribution in [0.3, 0.4) is 0 Å². The Morgan fingerprint density at radius 3 is 2.17 bits per heavy atom. The molecule has 0 spiro atoms. The summed E-state index contributed by atoms with van der Waals surface area (Å²) in [5.74, 6) is 0.701. The van der Waals surface area contributed by atoms with Crippen molar-refractivity contribution in [2.45, 2.75) is 33.2 Å². The highest BCUT2D eigenvalue weighted by Gasteiger charge is 2.22. The molecule has 1 atom stereocenters. The molecule has 0 aliphatic carbocycles. The molecule has 1 fully saturated rings. The van der Waals surface area contributed by atoms with Crippen LogP contribution in [0.15, 0.2) is 48.5 Å². The van der Waals surface area contributed by atoms with E-state index in [2.05, 4.69) is 60.2 Å². The minimum Gasteiger partial charge on any atom is -0.508 e. The van der Waals surface area contributed by atoms with E-state index in [0.29, 0.717) is 12.5 Å². The number of phenolic OH excluding ortho intramolecular Hbond substituents is 1. The fourth-order valence-electron chi connectivity index (χ4n) is 3.85. The number of phenols is 1. The second-order valence-corrected chi connectivity index (χ2v) is 8.16. The maximum atomic E-state index is 12.7. The van der Waals surface area contributed by atoms with Crippen LogP contribution in [0.25, 0.3) is 0 Å². The summed E-state index contributed by atoms with van der Waals surface area (Å²) in [6.45, 7) is 10.3. The molecule has 2 aromatic rings. The number of rotatable bonds is 7. The predicted molar refractivity (Wildman–Crippen MR) is 118 cm³/mol. The van der Waals surface area contributed by atoms with E-state index in [-0.39, 0.29) is 17.7 Å². The SMILES string of the molecule is CCc1ccc([C@@H](NC(=O)CN2CCN(c3ccc(O)cc3)CC2)C(C)C)cc1. The minimum absolute atomic E-state index is 0.0340. The van der Waals surface area contributed by atoms with Gasteiger partial charge in [-0.15, -0.1) is 0 Å². The van der Waals surface area contributed by atoms with Crippen LogP contribution in [0.4, 0.5) is 5.69 Å². The van der Waals surface area contributed by atoms with Crippen LogP contribution in [0.1, 0.15) is 37.9 Å². The van der Waals surface area contributed by atoms with Crippen LogP contribution in [0.5, 0.6) is 5.75 Å². The van der Waals surface area contributed by atoms with Crippen LogP contribution >= 0.6 is 0 Å². The predicted octanol–water partition coefficient (Wildman–Crippen LogP) is 3.59. The molecule has 1 amide bonds. The van der Waals surface area contributed by atoms with E-state index in [9.17, 15) is 9.90 Å². The number of piperazine rings is 1. The summed E-state index contributed by atoms with van der Waals surface area (Å²) < 4.78 is 0. The van der Waals surface area contributed by atoms with Gasteiger partial charge < -0.3 is 15.3 Å². The van der Waals surface area contributed by atoms with Crippen molar-refractivity contribution in [2.75, 3.05) is 37.6 Å². The van der Waals surface area contributed by atoms with Crippen LogP contribution in [0, 0.1) is 5.92 Å². The zero-order chi connectivity index (χ0) is 20.8. The normalized spacial score (nSPS) is 16.1. The molecule has 2 aromatic carbocycles. The van der Waals surface area contributed by atoms with Gasteiger partial charge in [-0.1, -0.05) is 45.0 Å². The van der Waals surface area contributed by atoms with Gasteiger partial charge in [0.05, 0.1) is 12.6 Å². The van der Waals surface area contributed by atoms with Crippen LogP contribution in [0.2, 0.25) is 0 Å². The van der Waals surface area contributed by atoms with Gasteiger partial charge in [-0.05, 0) is 47.7 Å².